The SMILES string of the molecule is CCOC(=O)C#Cc1cnc(O[C@H]2C[C@@H](c3ccc(Cl)cc3)C2)nc1. The first-order valence-corrected chi connectivity index (χ1v) is 8.44. The summed E-state index contributed by atoms with van der Waals surface area (Å²) >= 11 is 5.91. The summed E-state index contributed by atoms with van der Waals surface area (Å²) in [6, 6.07) is 8.24. The first kappa shape index (κ1) is 17.2. The van der Waals surface area contributed by atoms with Crippen LogP contribution in [0, 0.1) is 11.8 Å². The van der Waals surface area contributed by atoms with Gasteiger partial charge in [0.2, 0.25) is 0 Å². The topological polar surface area (TPSA) is 61.3 Å². The van der Waals surface area contributed by atoms with Crippen molar-refractivity contribution in [3.05, 3.63) is 52.8 Å². The molecule has 0 atom stereocenters. The van der Waals surface area contributed by atoms with E-state index in [1.165, 1.54) is 18.0 Å². The quantitative estimate of drug-likeness (QED) is 0.621. The summed E-state index contributed by atoms with van der Waals surface area (Å²) in [5.74, 6) is 4.94. The van der Waals surface area contributed by atoms with Gasteiger partial charge in [0, 0.05) is 23.3 Å². The van der Waals surface area contributed by atoms with E-state index in [0.29, 0.717) is 24.1 Å². The second-order valence-electron chi connectivity index (χ2n) is 5.68. The summed E-state index contributed by atoms with van der Waals surface area (Å²) in [6.07, 6.45) is 5.02. The molecule has 0 unspecified atom stereocenters. The van der Waals surface area contributed by atoms with Gasteiger partial charge in [-0.25, -0.2) is 14.8 Å². The van der Waals surface area contributed by atoms with Crippen LogP contribution in [0.4, 0.5) is 0 Å². The normalized spacial score (nSPS) is 18.5. The van der Waals surface area contributed by atoms with E-state index in [2.05, 4.69) is 33.9 Å². The Morgan fingerprint density at radius 1 is 1.24 bits per heavy atom. The number of carbonyl (C=O) groups is 1. The Morgan fingerprint density at radius 3 is 2.56 bits per heavy atom. The predicted molar refractivity (Wildman–Crippen MR) is 93.4 cm³/mol. The molecule has 2 aromatic rings. The Balaban J connectivity index is 1.50. The Hall–Kier alpha value is -2.58. The van der Waals surface area contributed by atoms with Gasteiger partial charge in [0.05, 0.1) is 12.2 Å². The number of ether oxygens (including phenoxy) is 2. The lowest BCUT2D eigenvalue weighted by atomic mass is 9.77. The molecule has 0 bridgehead atoms. The Kier molecular flexibility index (Phi) is 5.52. The Labute approximate surface area is 151 Å². The molecule has 1 aromatic heterocycles. The van der Waals surface area contributed by atoms with Crippen LogP contribution >= 0.6 is 11.6 Å². The van der Waals surface area contributed by atoms with Crippen molar-refractivity contribution >= 4 is 17.6 Å². The molecule has 0 saturated heterocycles. The van der Waals surface area contributed by atoms with E-state index < -0.39 is 5.97 Å². The molecule has 3 rings (SSSR count). The summed E-state index contributed by atoms with van der Waals surface area (Å²) < 4.78 is 10.5. The number of aromatic nitrogens is 2. The van der Waals surface area contributed by atoms with Crippen molar-refractivity contribution in [3.63, 3.8) is 0 Å². The van der Waals surface area contributed by atoms with Crippen LogP contribution in [0.15, 0.2) is 36.7 Å². The lowest BCUT2D eigenvalue weighted by Gasteiger charge is -2.34. The molecule has 0 N–H and O–H groups in total. The van der Waals surface area contributed by atoms with Gasteiger partial charge < -0.3 is 9.47 Å². The maximum Gasteiger partial charge on any atom is 0.384 e. The fourth-order valence-electron chi connectivity index (χ4n) is 2.55. The molecule has 128 valence electrons. The standard InChI is InChI=1S/C19H17ClN2O3/c1-2-24-18(23)8-3-13-11-21-19(22-12-13)25-17-9-15(10-17)14-4-6-16(20)7-5-14/h4-7,11-12,15,17H,2,9-10H2,1H3/t15-,17+. The average molecular weight is 357 g/mol. The highest BCUT2D eigenvalue weighted by atomic mass is 35.5. The third-order valence-corrected chi connectivity index (χ3v) is 4.17. The molecule has 1 aromatic carbocycles. The van der Waals surface area contributed by atoms with Crippen molar-refractivity contribution in [1.82, 2.24) is 9.97 Å². The number of carbonyl (C=O) groups excluding carboxylic acids is 1. The van der Waals surface area contributed by atoms with Crippen LogP contribution in [0.2, 0.25) is 5.02 Å². The van der Waals surface area contributed by atoms with Gasteiger partial charge in [-0.2, -0.15) is 0 Å². The molecule has 0 amide bonds. The maximum absolute atomic E-state index is 11.2. The van der Waals surface area contributed by atoms with Gasteiger partial charge in [-0.1, -0.05) is 29.7 Å². The first-order chi connectivity index (χ1) is 12.1. The molecule has 25 heavy (non-hydrogen) atoms. The molecule has 6 heteroatoms. The van der Waals surface area contributed by atoms with Crippen molar-refractivity contribution in [2.75, 3.05) is 6.61 Å². The van der Waals surface area contributed by atoms with Gasteiger partial charge in [-0.3, -0.25) is 0 Å². The summed E-state index contributed by atoms with van der Waals surface area (Å²) in [7, 11) is 0. The van der Waals surface area contributed by atoms with Crippen LogP contribution in [0.5, 0.6) is 6.01 Å². The van der Waals surface area contributed by atoms with Crippen molar-refractivity contribution in [1.29, 1.82) is 0 Å². The molecule has 1 saturated carbocycles. The number of rotatable bonds is 4. The van der Waals surface area contributed by atoms with Crippen LogP contribution in [0.1, 0.15) is 36.8 Å². The van der Waals surface area contributed by atoms with E-state index in [4.69, 9.17) is 21.1 Å². The molecule has 1 aliphatic rings. The van der Waals surface area contributed by atoms with Crippen LogP contribution < -0.4 is 4.74 Å². The number of hydrogen-bond acceptors (Lipinski definition) is 5. The minimum atomic E-state index is -0.564. The zero-order chi connectivity index (χ0) is 17.6. The molecule has 1 heterocycles. The smallest absolute Gasteiger partial charge is 0.384 e. The molecule has 0 radical (unpaired) electrons. The average Bonchev–Trinajstić information content (AvgIpc) is 2.58. The van der Waals surface area contributed by atoms with Gasteiger partial charge in [0.1, 0.15) is 6.10 Å². The van der Waals surface area contributed by atoms with E-state index >= 15 is 0 Å². The van der Waals surface area contributed by atoms with Crippen LogP contribution in [-0.2, 0) is 9.53 Å². The third kappa shape index (κ3) is 4.71. The molecule has 1 fully saturated rings. The monoisotopic (exact) mass is 356 g/mol. The molecular formula is C19H17ClN2O3. The van der Waals surface area contributed by atoms with E-state index in [-0.39, 0.29) is 6.10 Å². The van der Waals surface area contributed by atoms with Crippen LogP contribution in [0.3, 0.4) is 0 Å². The van der Waals surface area contributed by atoms with E-state index in [9.17, 15) is 4.79 Å². The largest absolute Gasteiger partial charge is 0.460 e. The Bertz CT molecular complexity index is 788. The fraction of sp³-hybridized carbons (Fsp3) is 0.316. The van der Waals surface area contributed by atoms with Crippen molar-refractivity contribution < 1.29 is 14.3 Å². The summed E-state index contributed by atoms with van der Waals surface area (Å²) in [4.78, 5) is 19.4. The minimum absolute atomic E-state index is 0.108. The highest BCUT2D eigenvalue weighted by Gasteiger charge is 2.32. The predicted octanol–water partition coefficient (Wildman–Crippen LogP) is 3.37. The van der Waals surface area contributed by atoms with E-state index in [0.717, 1.165) is 17.9 Å². The highest BCUT2D eigenvalue weighted by Crippen LogP contribution is 2.38. The second-order valence-corrected chi connectivity index (χ2v) is 6.12. The summed E-state index contributed by atoms with van der Waals surface area (Å²) in [5.41, 5.74) is 1.81. The lowest BCUT2D eigenvalue weighted by Crippen LogP contribution is -2.32. The minimum Gasteiger partial charge on any atom is -0.460 e. The van der Waals surface area contributed by atoms with Crippen molar-refractivity contribution in [3.8, 4) is 17.9 Å². The van der Waals surface area contributed by atoms with Gasteiger partial charge in [0.15, 0.2) is 0 Å². The van der Waals surface area contributed by atoms with E-state index in [1.807, 2.05) is 12.1 Å². The third-order valence-electron chi connectivity index (χ3n) is 3.92. The summed E-state index contributed by atoms with van der Waals surface area (Å²) in [6.45, 7) is 2.03. The zero-order valence-electron chi connectivity index (χ0n) is 13.7. The highest BCUT2D eigenvalue weighted by molar-refractivity contribution is 6.30. The Morgan fingerprint density at radius 2 is 1.92 bits per heavy atom. The number of hydrogen-bond donors (Lipinski definition) is 0. The number of benzene rings is 1. The van der Waals surface area contributed by atoms with Crippen LogP contribution in [-0.4, -0.2) is 28.6 Å². The van der Waals surface area contributed by atoms with Crippen LogP contribution in [0.25, 0.3) is 0 Å². The molecular weight excluding hydrogens is 340 g/mol. The zero-order valence-corrected chi connectivity index (χ0v) is 14.5. The lowest BCUT2D eigenvalue weighted by molar-refractivity contribution is -0.136. The summed E-state index contributed by atoms with van der Waals surface area (Å²) in [5, 5.41) is 0.746. The molecule has 0 aliphatic heterocycles. The number of halogens is 1. The van der Waals surface area contributed by atoms with Crippen molar-refractivity contribution in [2.24, 2.45) is 0 Å². The molecule has 5 nitrogen and oxygen atoms in total. The fourth-order valence-corrected chi connectivity index (χ4v) is 2.68. The van der Waals surface area contributed by atoms with E-state index in [1.54, 1.807) is 6.92 Å². The number of esters is 1. The van der Waals surface area contributed by atoms with Gasteiger partial charge in [0.25, 0.3) is 0 Å². The second kappa shape index (κ2) is 8.00. The van der Waals surface area contributed by atoms with Crippen molar-refractivity contribution in [2.45, 2.75) is 31.8 Å². The maximum atomic E-state index is 11.2. The molecule has 1 aliphatic carbocycles. The number of nitrogens with zero attached hydrogens (tertiary/aromatic N) is 2. The first-order valence-electron chi connectivity index (χ1n) is 8.07. The van der Waals surface area contributed by atoms with Gasteiger partial charge in [-0.15, -0.1) is 0 Å². The van der Waals surface area contributed by atoms with Gasteiger partial charge >= 0.3 is 12.0 Å². The van der Waals surface area contributed by atoms with Gasteiger partial charge in [-0.05, 0) is 43.4 Å². The molecule has 0 spiro atoms.